The van der Waals surface area contributed by atoms with Gasteiger partial charge in [0.2, 0.25) is 0 Å². The van der Waals surface area contributed by atoms with E-state index >= 15 is 0 Å². The van der Waals surface area contributed by atoms with Crippen LogP contribution in [0.4, 0.5) is 0 Å². The zero-order valence-corrected chi connectivity index (χ0v) is 20.0. The van der Waals surface area contributed by atoms with Crippen LogP contribution in [0.3, 0.4) is 0 Å². The van der Waals surface area contributed by atoms with Gasteiger partial charge in [-0.25, -0.2) is 9.78 Å². The van der Waals surface area contributed by atoms with Crippen molar-refractivity contribution in [2.75, 3.05) is 13.7 Å². The summed E-state index contributed by atoms with van der Waals surface area (Å²) < 4.78 is 5.60. The lowest BCUT2D eigenvalue weighted by molar-refractivity contribution is -0.135. The lowest BCUT2D eigenvalue weighted by Crippen LogP contribution is -2.40. The molecule has 0 aliphatic heterocycles. The molecule has 6 heteroatoms. The summed E-state index contributed by atoms with van der Waals surface area (Å²) in [4.78, 5) is 32.7. The minimum absolute atomic E-state index is 0.159. The van der Waals surface area contributed by atoms with Gasteiger partial charge in [-0.05, 0) is 66.7 Å². The molecule has 0 saturated heterocycles. The first-order valence-electron chi connectivity index (χ1n) is 12.4. The largest absolute Gasteiger partial charge is 0.508 e. The van der Waals surface area contributed by atoms with Crippen molar-refractivity contribution in [1.29, 1.82) is 0 Å². The molecule has 2 aliphatic rings. The van der Waals surface area contributed by atoms with Gasteiger partial charge >= 0.3 is 5.97 Å². The predicted octanol–water partition coefficient (Wildman–Crippen LogP) is 5.38. The standard InChI is InChI=1S/C29H30N2O4/c1-31(21-7-3-2-4-8-21)26(33)18-35-29(34)27-23-9-5-6-10-25(23)30-28-20(13-16-24(27)28)17-19-11-14-22(32)15-12-19/h5-6,9-12,14-15,17,21,32H,2-4,7-8,13,16,18H2,1H3/b20-17-. The number of carbonyl (C=O) groups is 2. The number of fused-ring (bicyclic) bond motifs is 2. The van der Waals surface area contributed by atoms with E-state index in [4.69, 9.17) is 9.72 Å². The lowest BCUT2D eigenvalue weighted by atomic mass is 9.94. The van der Waals surface area contributed by atoms with Gasteiger partial charge in [0.15, 0.2) is 6.61 Å². The molecule has 1 heterocycles. The van der Waals surface area contributed by atoms with Crippen LogP contribution in [0.5, 0.6) is 5.75 Å². The van der Waals surface area contributed by atoms with Crippen LogP contribution in [-0.4, -0.2) is 46.6 Å². The number of rotatable bonds is 5. The highest BCUT2D eigenvalue weighted by atomic mass is 16.5. The number of phenols is 1. The van der Waals surface area contributed by atoms with E-state index in [1.165, 1.54) is 6.42 Å². The molecule has 2 aromatic carbocycles. The average molecular weight is 471 g/mol. The second-order valence-electron chi connectivity index (χ2n) is 9.46. The summed E-state index contributed by atoms with van der Waals surface area (Å²) in [5.74, 6) is -0.416. The molecule has 1 fully saturated rings. The fourth-order valence-electron chi connectivity index (χ4n) is 5.26. The molecule has 1 aromatic heterocycles. The second kappa shape index (κ2) is 9.90. The molecule has 2 aliphatic carbocycles. The first kappa shape index (κ1) is 23.1. The summed E-state index contributed by atoms with van der Waals surface area (Å²) in [6.45, 7) is -0.256. The van der Waals surface area contributed by atoms with E-state index in [1.807, 2.05) is 49.5 Å². The van der Waals surface area contributed by atoms with Crippen LogP contribution < -0.4 is 0 Å². The number of hydrogen-bond acceptors (Lipinski definition) is 5. The third-order valence-corrected chi connectivity index (χ3v) is 7.22. The quantitative estimate of drug-likeness (QED) is 0.507. The number of likely N-dealkylation sites (N-methyl/N-ethyl adjacent to an activating group) is 1. The SMILES string of the molecule is CN(C(=O)COC(=O)c1c2c(nc3ccccc13)/C(=C\c1ccc(O)cc1)CC2)C1CCCCC1. The number of allylic oxidation sites excluding steroid dienone is 1. The molecule has 180 valence electrons. The first-order chi connectivity index (χ1) is 17.0. The van der Waals surface area contributed by atoms with Gasteiger partial charge in [0, 0.05) is 18.5 Å². The summed E-state index contributed by atoms with van der Waals surface area (Å²) >= 11 is 0. The van der Waals surface area contributed by atoms with E-state index in [0.29, 0.717) is 12.0 Å². The van der Waals surface area contributed by atoms with Gasteiger partial charge < -0.3 is 14.7 Å². The third-order valence-electron chi connectivity index (χ3n) is 7.22. The number of carbonyl (C=O) groups excluding carboxylic acids is 2. The number of nitrogens with zero attached hydrogens (tertiary/aromatic N) is 2. The topological polar surface area (TPSA) is 79.7 Å². The Hall–Kier alpha value is -3.67. The molecular formula is C29H30N2O4. The van der Waals surface area contributed by atoms with E-state index < -0.39 is 5.97 Å². The van der Waals surface area contributed by atoms with Gasteiger partial charge in [-0.2, -0.15) is 0 Å². The van der Waals surface area contributed by atoms with Crippen molar-refractivity contribution in [2.45, 2.75) is 51.0 Å². The van der Waals surface area contributed by atoms with Crippen molar-refractivity contribution >= 4 is 34.4 Å². The van der Waals surface area contributed by atoms with Gasteiger partial charge in [-0.1, -0.05) is 49.6 Å². The molecule has 35 heavy (non-hydrogen) atoms. The number of benzene rings is 2. The van der Waals surface area contributed by atoms with Crippen LogP contribution in [0.1, 0.15) is 65.7 Å². The Kier molecular flexibility index (Phi) is 6.53. The number of pyridine rings is 1. The monoisotopic (exact) mass is 470 g/mol. The lowest BCUT2D eigenvalue weighted by Gasteiger charge is -2.31. The van der Waals surface area contributed by atoms with Gasteiger partial charge in [0.25, 0.3) is 5.91 Å². The fraction of sp³-hybridized carbons (Fsp3) is 0.345. The predicted molar refractivity (Wildman–Crippen MR) is 136 cm³/mol. The molecule has 1 amide bonds. The van der Waals surface area contributed by atoms with Crippen LogP contribution in [0.2, 0.25) is 0 Å². The molecule has 0 bridgehead atoms. The van der Waals surface area contributed by atoms with E-state index in [0.717, 1.165) is 65.4 Å². The van der Waals surface area contributed by atoms with E-state index in [2.05, 4.69) is 0 Å². The number of aromatic hydroxyl groups is 1. The minimum Gasteiger partial charge on any atom is -0.508 e. The second-order valence-corrected chi connectivity index (χ2v) is 9.46. The number of ether oxygens (including phenoxy) is 1. The smallest absolute Gasteiger partial charge is 0.339 e. The van der Waals surface area contributed by atoms with E-state index in [1.54, 1.807) is 17.0 Å². The van der Waals surface area contributed by atoms with Crippen molar-refractivity contribution < 1.29 is 19.4 Å². The molecule has 5 rings (SSSR count). The number of esters is 1. The number of hydrogen-bond donors (Lipinski definition) is 1. The van der Waals surface area contributed by atoms with E-state index in [9.17, 15) is 14.7 Å². The highest BCUT2D eigenvalue weighted by Gasteiger charge is 2.29. The first-order valence-corrected chi connectivity index (χ1v) is 12.4. The molecule has 3 aromatic rings. The maximum Gasteiger partial charge on any atom is 0.339 e. The molecule has 6 nitrogen and oxygen atoms in total. The molecule has 0 radical (unpaired) electrons. The highest BCUT2D eigenvalue weighted by molar-refractivity contribution is 6.07. The average Bonchev–Trinajstić information content (AvgIpc) is 3.28. The molecule has 0 atom stereocenters. The van der Waals surface area contributed by atoms with Gasteiger partial charge in [-0.15, -0.1) is 0 Å². The summed E-state index contributed by atoms with van der Waals surface area (Å²) in [5.41, 5.74) is 4.90. The Morgan fingerprint density at radius 2 is 1.80 bits per heavy atom. The Morgan fingerprint density at radius 3 is 2.57 bits per heavy atom. The zero-order chi connectivity index (χ0) is 24.4. The molecule has 0 spiro atoms. The molecule has 0 unspecified atom stereocenters. The Morgan fingerprint density at radius 1 is 1.06 bits per heavy atom. The van der Waals surface area contributed by atoms with Crippen molar-refractivity contribution in [3.05, 3.63) is 70.9 Å². The van der Waals surface area contributed by atoms with Crippen LogP contribution in [0.25, 0.3) is 22.6 Å². The van der Waals surface area contributed by atoms with Crippen LogP contribution in [0.15, 0.2) is 48.5 Å². The van der Waals surface area contributed by atoms with Gasteiger partial charge in [0.1, 0.15) is 5.75 Å². The van der Waals surface area contributed by atoms with Gasteiger partial charge in [-0.3, -0.25) is 4.79 Å². The summed E-state index contributed by atoms with van der Waals surface area (Å²) in [6.07, 6.45) is 8.99. The summed E-state index contributed by atoms with van der Waals surface area (Å²) in [5, 5.41) is 10.3. The number of aromatic nitrogens is 1. The van der Waals surface area contributed by atoms with Crippen molar-refractivity contribution in [1.82, 2.24) is 9.88 Å². The maximum absolute atomic E-state index is 13.4. The molecule has 1 N–H and O–H groups in total. The Bertz CT molecular complexity index is 1290. The summed E-state index contributed by atoms with van der Waals surface area (Å²) in [6, 6.07) is 14.8. The minimum atomic E-state index is -0.476. The normalized spacial score (nSPS) is 16.9. The maximum atomic E-state index is 13.4. The van der Waals surface area contributed by atoms with Crippen molar-refractivity contribution in [3.63, 3.8) is 0 Å². The highest BCUT2D eigenvalue weighted by Crippen LogP contribution is 2.38. The Labute approximate surface area is 205 Å². The van der Waals surface area contributed by atoms with Gasteiger partial charge in [0.05, 0.1) is 16.8 Å². The van der Waals surface area contributed by atoms with Crippen LogP contribution in [0, 0.1) is 0 Å². The fourth-order valence-corrected chi connectivity index (χ4v) is 5.26. The third kappa shape index (κ3) is 4.78. The molecular weight excluding hydrogens is 440 g/mol. The Balaban J connectivity index is 1.42. The summed E-state index contributed by atoms with van der Waals surface area (Å²) in [7, 11) is 1.81. The van der Waals surface area contributed by atoms with Crippen LogP contribution >= 0.6 is 0 Å². The molecule has 1 saturated carbocycles. The van der Waals surface area contributed by atoms with Crippen molar-refractivity contribution in [3.8, 4) is 5.75 Å². The number of amides is 1. The number of para-hydroxylation sites is 1. The van der Waals surface area contributed by atoms with Crippen molar-refractivity contribution in [2.24, 2.45) is 0 Å². The van der Waals surface area contributed by atoms with E-state index in [-0.39, 0.29) is 24.3 Å². The number of phenolic OH excluding ortho intramolecular Hbond substituents is 1. The zero-order valence-electron chi connectivity index (χ0n) is 20.0. The van der Waals surface area contributed by atoms with Crippen LogP contribution in [-0.2, 0) is 16.0 Å².